The molecule has 1 saturated heterocycles. The summed E-state index contributed by atoms with van der Waals surface area (Å²) in [5, 5.41) is 0. The van der Waals surface area contributed by atoms with E-state index in [2.05, 4.69) is 0 Å². The molecule has 3 aliphatic rings. The molecule has 0 aromatic rings. The summed E-state index contributed by atoms with van der Waals surface area (Å²) in [4.78, 5) is 23.7. The molecule has 82 valence electrons. The molecule has 2 bridgehead atoms. The minimum absolute atomic E-state index is 0.0284. The molecule has 0 N–H and O–H groups in total. The minimum atomic E-state index is -0.791. The Labute approximate surface area is 87.9 Å². The summed E-state index contributed by atoms with van der Waals surface area (Å²) in [6.07, 6.45) is 1.49. The van der Waals surface area contributed by atoms with Crippen LogP contribution in [0.4, 0.5) is 0 Å². The zero-order valence-corrected chi connectivity index (χ0v) is 8.75. The predicted octanol–water partition coefficient (Wildman–Crippen LogP) is 0.688. The van der Waals surface area contributed by atoms with Gasteiger partial charge in [0.15, 0.2) is 11.6 Å². The molecule has 1 aliphatic heterocycles. The maximum atomic E-state index is 12.1. The van der Waals surface area contributed by atoms with E-state index in [1.165, 1.54) is 0 Å². The van der Waals surface area contributed by atoms with Crippen LogP contribution in [0.3, 0.4) is 0 Å². The van der Waals surface area contributed by atoms with E-state index in [0.29, 0.717) is 32.5 Å². The summed E-state index contributed by atoms with van der Waals surface area (Å²) < 4.78 is 11.3. The highest BCUT2D eigenvalue weighted by Crippen LogP contribution is 2.56. The van der Waals surface area contributed by atoms with E-state index in [0.717, 1.165) is 0 Å². The Morgan fingerprint density at radius 2 is 1.93 bits per heavy atom. The van der Waals surface area contributed by atoms with Crippen LogP contribution in [0.15, 0.2) is 0 Å². The van der Waals surface area contributed by atoms with Gasteiger partial charge in [-0.15, -0.1) is 0 Å². The predicted molar refractivity (Wildman–Crippen MR) is 50.1 cm³/mol. The first-order valence-electron chi connectivity index (χ1n) is 5.44. The van der Waals surface area contributed by atoms with Crippen LogP contribution in [0, 0.1) is 11.3 Å². The molecular weight excluding hydrogens is 196 g/mol. The van der Waals surface area contributed by atoms with Crippen molar-refractivity contribution in [1.82, 2.24) is 0 Å². The summed E-state index contributed by atoms with van der Waals surface area (Å²) in [6.45, 7) is 2.95. The van der Waals surface area contributed by atoms with E-state index >= 15 is 0 Å². The molecule has 0 aromatic carbocycles. The van der Waals surface area contributed by atoms with Crippen LogP contribution in [0.5, 0.6) is 0 Å². The number of rotatable bonds is 0. The Bertz CT molecular complexity index is 342. The van der Waals surface area contributed by atoms with Crippen LogP contribution in [0.25, 0.3) is 0 Å². The van der Waals surface area contributed by atoms with E-state index in [1.807, 2.05) is 6.92 Å². The number of Topliss-reactive ketones (excluding diaryl/α,β-unsaturated/α-hetero) is 2. The van der Waals surface area contributed by atoms with E-state index in [4.69, 9.17) is 9.47 Å². The zero-order chi connectivity index (χ0) is 10.7. The topological polar surface area (TPSA) is 52.6 Å². The first-order chi connectivity index (χ1) is 7.09. The summed E-state index contributed by atoms with van der Waals surface area (Å²) in [5.41, 5.74) is -0.595. The lowest BCUT2D eigenvalue weighted by atomic mass is 9.73. The van der Waals surface area contributed by atoms with Crippen LogP contribution < -0.4 is 0 Å². The van der Waals surface area contributed by atoms with Gasteiger partial charge in [-0.05, 0) is 13.3 Å². The van der Waals surface area contributed by atoms with Crippen molar-refractivity contribution in [3.63, 3.8) is 0 Å². The third-order valence-electron chi connectivity index (χ3n) is 4.19. The fraction of sp³-hybridized carbons (Fsp3) is 0.818. The third kappa shape index (κ3) is 0.941. The Balaban J connectivity index is 2.07. The monoisotopic (exact) mass is 210 g/mol. The molecule has 3 rings (SSSR count). The van der Waals surface area contributed by atoms with Crippen LogP contribution >= 0.6 is 0 Å². The minimum Gasteiger partial charge on any atom is -0.346 e. The van der Waals surface area contributed by atoms with Crippen LogP contribution in [0.1, 0.15) is 26.2 Å². The maximum Gasteiger partial charge on any atom is 0.181 e. The third-order valence-corrected chi connectivity index (χ3v) is 4.19. The van der Waals surface area contributed by atoms with Crippen molar-refractivity contribution in [3.8, 4) is 0 Å². The first-order valence-corrected chi connectivity index (χ1v) is 5.44. The summed E-state index contributed by atoms with van der Waals surface area (Å²) >= 11 is 0. The largest absolute Gasteiger partial charge is 0.346 e. The molecule has 1 heterocycles. The van der Waals surface area contributed by atoms with Crippen LogP contribution in [0.2, 0.25) is 0 Å². The van der Waals surface area contributed by atoms with Gasteiger partial charge in [0.2, 0.25) is 0 Å². The van der Waals surface area contributed by atoms with Gasteiger partial charge in [-0.1, -0.05) is 0 Å². The quantitative estimate of drug-likeness (QED) is 0.552. The van der Waals surface area contributed by atoms with Crippen molar-refractivity contribution < 1.29 is 19.1 Å². The number of hydrogen-bond acceptors (Lipinski definition) is 4. The normalized spacial score (nSPS) is 42.9. The first kappa shape index (κ1) is 9.48. The van der Waals surface area contributed by atoms with E-state index < -0.39 is 17.1 Å². The Kier molecular flexibility index (Phi) is 1.70. The fourth-order valence-corrected chi connectivity index (χ4v) is 3.17. The van der Waals surface area contributed by atoms with E-state index in [1.54, 1.807) is 0 Å². The van der Waals surface area contributed by atoms with Crippen LogP contribution in [-0.2, 0) is 19.1 Å². The molecule has 2 unspecified atom stereocenters. The van der Waals surface area contributed by atoms with Crippen LogP contribution in [-0.4, -0.2) is 30.6 Å². The van der Waals surface area contributed by atoms with Gasteiger partial charge in [-0.3, -0.25) is 9.59 Å². The Hall–Kier alpha value is -0.740. The second-order valence-electron chi connectivity index (χ2n) is 4.87. The molecular formula is C11H14O4. The molecule has 4 heteroatoms. The standard InChI is InChI=1S/C11H14O4/c1-10-3-2-8(12)7(9(10)13)6-11(10)14-4-5-15-11/h7H,2-6H2,1H3. The average molecular weight is 210 g/mol. The summed E-state index contributed by atoms with van der Waals surface area (Å²) in [5.74, 6) is -1.17. The lowest BCUT2D eigenvalue weighted by Gasteiger charge is -2.37. The van der Waals surface area contributed by atoms with Gasteiger partial charge in [-0.2, -0.15) is 0 Å². The lowest BCUT2D eigenvalue weighted by molar-refractivity contribution is -0.214. The lowest BCUT2D eigenvalue weighted by Crippen LogP contribution is -2.47. The molecule has 2 saturated carbocycles. The van der Waals surface area contributed by atoms with Crippen molar-refractivity contribution >= 4 is 11.6 Å². The Morgan fingerprint density at radius 1 is 1.27 bits per heavy atom. The number of fused-ring (bicyclic) bond motifs is 3. The number of ether oxygens (including phenoxy) is 2. The summed E-state index contributed by atoms with van der Waals surface area (Å²) in [7, 11) is 0. The number of carbonyl (C=O) groups excluding carboxylic acids is 2. The highest BCUT2D eigenvalue weighted by Gasteiger charge is 2.68. The van der Waals surface area contributed by atoms with Crippen molar-refractivity contribution in [2.45, 2.75) is 32.0 Å². The van der Waals surface area contributed by atoms with Gasteiger partial charge >= 0.3 is 0 Å². The van der Waals surface area contributed by atoms with Crippen molar-refractivity contribution in [1.29, 1.82) is 0 Å². The fourth-order valence-electron chi connectivity index (χ4n) is 3.17. The molecule has 0 radical (unpaired) electrons. The number of hydrogen-bond donors (Lipinski definition) is 0. The van der Waals surface area contributed by atoms with E-state index in [9.17, 15) is 9.59 Å². The molecule has 3 fully saturated rings. The molecule has 0 amide bonds. The van der Waals surface area contributed by atoms with Gasteiger partial charge in [0.1, 0.15) is 5.78 Å². The Morgan fingerprint density at radius 3 is 2.53 bits per heavy atom. The average Bonchev–Trinajstić information content (AvgIpc) is 2.73. The SMILES string of the molecule is CC12CCC(=O)C(CC13OCCO3)C2=O. The van der Waals surface area contributed by atoms with Crippen molar-refractivity contribution in [2.75, 3.05) is 13.2 Å². The zero-order valence-electron chi connectivity index (χ0n) is 8.75. The smallest absolute Gasteiger partial charge is 0.181 e. The van der Waals surface area contributed by atoms with Gasteiger partial charge in [0.25, 0.3) is 0 Å². The van der Waals surface area contributed by atoms with Gasteiger partial charge < -0.3 is 9.47 Å². The maximum absolute atomic E-state index is 12.1. The van der Waals surface area contributed by atoms with Gasteiger partial charge in [0.05, 0.1) is 24.5 Å². The van der Waals surface area contributed by atoms with Gasteiger partial charge in [0, 0.05) is 12.8 Å². The van der Waals surface area contributed by atoms with Crippen molar-refractivity contribution in [3.05, 3.63) is 0 Å². The molecule has 4 nitrogen and oxygen atoms in total. The molecule has 15 heavy (non-hydrogen) atoms. The second kappa shape index (κ2) is 2.68. The number of carbonyl (C=O) groups is 2. The second-order valence-corrected chi connectivity index (χ2v) is 4.87. The van der Waals surface area contributed by atoms with E-state index in [-0.39, 0.29) is 11.6 Å². The molecule has 2 aliphatic carbocycles. The molecule has 1 spiro atoms. The van der Waals surface area contributed by atoms with Crippen molar-refractivity contribution in [2.24, 2.45) is 11.3 Å². The molecule has 2 atom stereocenters. The molecule has 0 aromatic heterocycles. The highest BCUT2D eigenvalue weighted by atomic mass is 16.7. The summed E-state index contributed by atoms with van der Waals surface area (Å²) in [6, 6.07) is 0. The van der Waals surface area contributed by atoms with Gasteiger partial charge in [-0.25, -0.2) is 0 Å². The number of ketones is 2. The highest BCUT2D eigenvalue weighted by molar-refractivity contribution is 6.09.